The molecule has 0 saturated carbocycles. The number of nitrogens with zero attached hydrogens (tertiary/aromatic N) is 3. The average Bonchev–Trinajstić information content (AvgIpc) is 2.85. The number of hydrogen-bond donors (Lipinski definition) is 4. The van der Waals surface area contributed by atoms with E-state index >= 15 is 0 Å². The summed E-state index contributed by atoms with van der Waals surface area (Å²) in [5.41, 5.74) is 5.88. The van der Waals surface area contributed by atoms with E-state index in [4.69, 9.17) is 5.73 Å². The average molecular weight is 261 g/mol. The summed E-state index contributed by atoms with van der Waals surface area (Å²) in [5, 5.41) is 12.0. The smallest absolute Gasteiger partial charge is 0.255 e. The molecular weight excluding hydrogens is 246 g/mol. The molecule has 2 aromatic heterocycles. The van der Waals surface area contributed by atoms with E-state index in [1.807, 2.05) is 0 Å². The molecule has 1 atom stereocenters. The predicted molar refractivity (Wildman–Crippen MR) is 70.5 cm³/mol. The number of amides is 1. The predicted octanol–water partition coefficient (Wildman–Crippen LogP) is 0.315. The lowest BCUT2D eigenvalue weighted by molar-refractivity contribution is 0.0939. The van der Waals surface area contributed by atoms with E-state index < -0.39 is 0 Å². The Morgan fingerprint density at radius 2 is 2.32 bits per heavy atom. The summed E-state index contributed by atoms with van der Waals surface area (Å²) in [4.78, 5) is 20.2. The fourth-order valence-corrected chi connectivity index (χ4v) is 1.61. The zero-order valence-electron chi connectivity index (χ0n) is 10.6. The second-order valence-corrected chi connectivity index (χ2v) is 3.92. The first-order valence-corrected chi connectivity index (χ1v) is 5.73. The Hall–Kier alpha value is -2.64. The van der Waals surface area contributed by atoms with Gasteiger partial charge < -0.3 is 16.4 Å². The van der Waals surface area contributed by atoms with Crippen molar-refractivity contribution in [3.8, 4) is 0 Å². The molecule has 0 fully saturated rings. The van der Waals surface area contributed by atoms with Crippen molar-refractivity contribution in [1.82, 2.24) is 25.5 Å². The molecule has 0 aliphatic heterocycles. The molecule has 0 radical (unpaired) electrons. The van der Waals surface area contributed by atoms with E-state index in [9.17, 15) is 4.79 Å². The molecule has 19 heavy (non-hydrogen) atoms. The van der Waals surface area contributed by atoms with Crippen LogP contribution in [0.4, 0.5) is 11.8 Å². The van der Waals surface area contributed by atoms with E-state index in [0.717, 1.165) is 0 Å². The summed E-state index contributed by atoms with van der Waals surface area (Å²) in [6.07, 6.45) is 1.61. The highest BCUT2D eigenvalue weighted by molar-refractivity contribution is 5.98. The van der Waals surface area contributed by atoms with Gasteiger partial charge in [-0.2, -0.15) is 4.98 Å². The maximum absolute atomic E-state index is 12.1. The lowest BCUT2D eigenvalue weighted by Gasteiger charge is -2.12. The summed E-state index contributed by atoms with van der Waals surface area (Å²) in [6, 6.07) is 3.06. The van der Waals surface area contributed by atoms with Gasteiger partial charge in [0.15, 0.2) is 0 Å². The number of H-pyrrole nitrogens is 1. The van der Waals surface area contributed by atoms with Gasteiger partial charge >= 0.3 is 0 Å². The molecule has 8 nitrogen and oxygen atoms in total. The van der Waals surface area contributed by atoms with Crippen molar-refractivity contribution >= 4 is 17.7 Å². The van der Waals surface area contributed by atoms with Crippen molar-refractivity contribution in [2.75, 3.05) is 18.1 Å². The van der Waals surface area contributed by atoms with E-state index in [2.05, 4.69) is 30.8 Å². The van der Waals surface area contributed by atoms with Crippen LogP contribution in [0.3, 0.4) is 0 Å². The first-order valence-electron chi connectivity index (χ1n) is 5.73. The third kappa shape index (κ3) is 2.79. The van der Waals surface area contributed by atoms with E-state index in [-0.39, 0.29) is 17.9 Å². The molecule has 2 aromatic rings. The van der Waals surface area contributed by atoms with Gasteiger partial charge in [0.1, 0.15) is 11.6 Å². The van der Waals surface area contributed by atoms with Gasteiger partial charge in [-0.15, -0.1) is 5.10 Å². The number of nitrogens with two attached hydrogens (primary N) is 1. The number of anilines is 2. The maximum Gasteiger partial charge on any atom is 0.255 e. The normalized spacial score (nSPS) is 11.9. The number of hydrogen-bond acceptors (Lipinski definition) is 6. The molecule has 5 N–H and O–H groups in total. The van der Waals surface area contributed by atoms with Crippen molar-refractivity contribution in [2.24, 2.45) is 0 Å². The van der Waals surface area contributed by atoms with Gasteiger partial charge in [0.2, 0.25) is 5.95 Å². The van der Waals surface area contributed by atoms with Crippen LogP contribution in [0.25, 0.3) is 0 Å². The minimum Gasteiger partial charge on any atom is -0.372 e. The Labute approximate surface area is 109 Å². The summed E-state index contributed by atoms with van der Waals surface area (Å²) in [7, 11) is 1.71. The third-order valence-corrected chi connectivity index (χ3v) is 2.57. The summed E-state index contributed by atoms with van der Waals surface area (Å²) >= 11 is 0. The van der Waals surface area contributed by atoms with Gasteiger partial charge in [-0.05, 0) is 19.1 Å². The Morgan fingerprint density at radius 1 is 1.53 bits per heavy atom. The standard InChI is InChI=1S/C11H15N7O/c1-6(8-16-11(12)18-17-8)15-10(19)7-4-3-5-14-9(7)13-2/h3-6H,1-2H3,(H,13,14)(H,15,19)(H3,12,16,17,18)/t6-/m0/s1. The molecule has 2 heterocycles. The SMILES string of the molecule is CNc1ncccc1C(=O)N[C@@H](C)c1nc(N)n[nH]1. The van der Waals surface area contributed by atoms with Crippen molar-refractivity contribution in [2.45, 2.75) is 13.0 Å². The Morgan fingerprint density at radius 3 is 2.95 bits per heavy atom. The first-order chi connectivity index (χ1) is 9.11. The third-order valence-electron chi connectivity index (χ3n) is 2.57. The van der Waals surface area contributed by atoms with Crippen molar-refractivity contribution in [1.29, 1.82) is 0 Å². The largest absolute Gasteiger partial charge is 0.372 e. The van der Waals surface area contributed by atoms with Crippen LogP contribution >= 0.6 is 0 Å². The van der Waals surface area contributed by atoms with Crippen molar-refractivity contribution < 1.29 is 4.79 Å². The van der Waals surface area contributed by atoms with Crippen LogP contribution in [0.15, 0.2) is 18.3 Å². The molecule has 0 aromatic carbocycles. The number of rotatable bonds is 4. The molecule has 100 valence electrons. The Balaban J connectivity index is 2.12. The number of aromatic amines is 1. The highest BCUT2D eigenvalue weighted by atomic mass is 16.1. The second kappa shape index (κ2) is 5.34. The fraction of sp³-hybridized carbons (Fsp3) is 0.273. The molecule has 2 rings (SSSR count). The van der Waals surface area contributed by atoms with Crippen LogP contribution in [0.1, 0.15) is 29.1 Å². The highest BCUT2D eigenvalue weighted by Gasteiger charge is 2.16. The maximum atomic E-state index is 12.1. The molecule has 0 bridgehead atoms. The zero-order chi connectivity index (χ0) is 13.8. The van der Waals surface area contributed by atoms with Gasteiger partial charge in [-0.25, -0.2) is 4.98 Å². The van der Waals surface area contributed by atoms with E-state index in [1.165, 1.54) is 0 Å². The first kappa shape index (κ1) is 12.8. The quantitative estimate of drug-likeness (QED) is 0.628. The number of pyridine rings is 1. The van der Waals surface area contributed by atoms with Crippen LogP contribution in [-0.2, 0) is 0 Å². The topological polar surface area (TPSA) is 122 Å². The van der Waals surface area contributed by atoms with Crippen LogP contribution in [0, 0.1) is 0 Å². The Bertz CT molecular complexity index is 580. The molecule has 0 aliphatic rings. The number of carbonyl (C=O) groups is 1. The minimum absolute atomic E-state index is 0.147. The zero-order valence-corrected chi connectivity index (χ0v) is 10.6. The van der Waals surface area contributed by atoms with E-state index in [0.29, 0.717) is 17.2 Å². The van der Waals surface area contributed by atoms with Gasteiger partial charge in [0, 0.05) is 13.2 Å². The molecular formula is C11H15N7O. The van der Waals surface area contributed by atoms with Gasteiger partial charge in [-0.1, -0.05) is 0 Å². The summed E-state index contributed by atoms with van der Waals surface area (Å²) < 4.78 is 0. The van der Waals surface area contributed by atoms with Crippen molar-refractivity contribution in [3.63, 3.8) is 0 Å². The summed E-state index contributed by atoms with van der Waals surface area (Å²) in [6.45, 7) is 1.78. The monoisotopic (exact) mass is 261 g/mol. The van der Waals surface area contributed by atoms with Crippen molar-refractivity contribution in [3.05, 3.63) is 29.7 Å². The number of nitrogen functional groups attached to an aromatic ring is 1. The van der Waals surface area contributed by atoms with Gasteiger partial charge in [0.25, 0.3) is 5.91 Å². The molecule has 0 aliphatic carbocycles. The number of aromatic nitrogens is 4. The molecule has 0 saturated heterocycles. The minimum atomic E-state index is -0.331. The Kier molecular flexibility index (Phi) is 3.60. The fourth-order valence-electron chi connectivity index (χ4n) is 1.61. The number of nitrogens with one attached hydrogen (secondary N) is 3. The van der Waals surface area contributed by atoms with E-state index in [1.54, 1.807) is 32.3 Å². The lowest BCUT2D eigenvalue weighted by atomic mass is 10.2. The van der Waals surface area contributed by atoms with Crippen LogP contribution in [-0.4, -0.2) is 33.1 Å². The molecule has 1 amide bonds. The molecule has 8 heteroatoms. The molecule has 0 spiro atoms. The highest BCUT2D eigenvalue weighted by Crippen LogP contribution is 2.13. The number of carbonyl (C=O) groups excluding carboxylic acids is 1. The summed E-state index contributed by atoms with van der Waals surface area (Å²) in [5.74, 6) is 0.915. The molecule has 0 unspecified atom stereocenters. The second-order valence-electron chi connectivity index (χ2n) is 3.92. The van der Waals surface area contributed by atoms with Crippen LogP contribution in [0.5, 0.6) is 0 Å². The lowest BCUT2D eigenvalue weighted by Crippen LogP contribution is -2.28. The van der Waals surface area contributed by atoms with Crippen LogP contribution in [0.2, 0.25) is 0 Å². The van der Waals surface area contributed by atoms with Gasteiger partial charge in [-0.3, -0.25) is 9.89 Å². The van der Waals surface area contributed by atoms with Gasteiger partial charge in [0.05, 0.1) is 11.6 Å². The van der Waals surface area contributed by atoms with Crippen LogP contribution < -0.4 is 16.4 Å².